The number of nitrogens with zero attached hydrogens (tertiary/aromatic N) is 7. The summed E-state index contributed by atoms with van der Waals surface area (Å²) in [5.41, 5.74) is 1.48. The molecule has 0 aliphatic carbocycles. The number of ether oxygens (including phenoxy) is 4. The van der Waals surface area contributed by atoms with E-state index in [-0.39, 0.29) is 43.2 Å². The van der Waals surface area contributed by atoms with E-state index in [1.807, 2.05) is 93.0 Å². The van der Waals surface area contributed by atoms with Gasteiger partial charge in [0.15, 0.2) is 11.2 Å². The fourth-order valence-electron chi connectivity index (χ4n) is 7.21. The molecular weight excluding hydrogens is 771 g/mol. The summed E-state index contributed by atoms with van der Waals surface area (Å²) in [4.78, 5) is 31.1. The Hall–Kier alpha value is -5.20. The van der Waals surface area contributed by atoms with Gasteiger partial charge in [0.25, 0.3) is 14.1 Å². The van der Waals surface area contributed by atoms with Crippen LogP contribution in [0.3, 0.4) is 0 Å². The summed E-state index contributed by atoms with van der Waals surface area (Å²) >= 11 is 0. The van der Waals surface area contributed by atoms with Crippen molar-refractivity contribution in [2.75, 3.05) is 41.5 Å². The monoisotopic (exact) mass is 824 g/mol. The largest absolute Gasteiger partial charge is 0.497 e. The van der Waals surface area contributed by atoms with E-state index in [0.717, 1.165) is 16.7 Å². The van der Waals surface area contributed by atoms with Crippen LogP contribution >= 0.6 is 8.53 Å². The van der Waals surface area contributed by atoms with E-state index in [4.69, 9.17) is 28.0 Å². The predicted molar refractivity (Wildman–Crippen MR) is 227 cm³/mol. The highest BCUT2D eigenvalue weighted by atomic mass is 31.2. The number of hydrogen-bond acceptors (Lipinski definition) is 12. The summed E-state index contributed by atoms with van der Waals surface area (Å²) in [6.45, 7) is 8.67. The molecule has 4 atom stereocenters. The molecule has 5 aromatic rings. The van der Waals surface area contributed by atoms with Crippen LogP contribution in [0.2, 0.25) is 0 Å². The second-order valence-corrected chi connectivity index (χ2v) is 16.2. The van der Waals surface area contributed by atoms with Gasteiger partial charge < -0.3 is 32.9 Å². The van der Waals surface area contributed by atoms with Crippen LogP contribution in [0.1, 0.15) is 63.5 Å². The molecule has 1 aliphatic heterocycles. The summed E-state index contributed by atoms with van der Waals surface area (Å²) < 4.78 is 42.6. The lowest BCUT2D eigenvalue weighted by atomic mass is 9.79. The highest BCUT2D eigenvalue weighted by Crippen LogP contribution is 2.49. The zero-order valence-corrected chi connectivity index (χ0v) is 35.7. The third kappa shape index (κ3) is 9.82. The van der Waals surface area contributed by atoms with Crippen LogP contribution < -0.4 is 15.0 Å². The summed E-state index contributed by atoms with van der Waals surface area (Å²) in [5, 5.41) is 9.33. The van der Waals surface area contributed by atoms with Crippen LogP contribution in [0.4, 0.5) is 5.95 Å². The minimum atomic E-state index is -1.61. The van der Waals surface area contributed by atoms with Gasteiger partial charge in [-0.25, -0.2) is 14.6 Å². The van der Waals surface area contributed by atoms with E-state index in [2.05, 4.69) is 58.4 Å². The van der Waals surface area contributed by atoms with Gasteiger partial charge in [-0.2, -0.15) is 10.2 Å². The number of aromatic amines is 1. The Morgan fingerprint density at radius 1 is 0.966 bits per heavy atom. The average Bonchev–Trinajstić information content (AvgIpc) is 3.85. The zero-order chi connectivity index (χ0) is 42.1. The molecule has 1 saturated heterocycles. The third-order valence-electron chi connectivity index (χ3n) is 9.83. The van der Waals surface area contributed by atoms with Crippen molar-refractivity contribution in [3.63, 3.8) is 0 Å². The summed E-state index contributed by atoms with van der Waals surface area (Å²) in [6, 6.07) is 28.1. The zero-order valence-electron chi connectivity index (χ0n) is 34.8. The Labute approximate surface area is 346 Å². The molecule has 1 N–H and O–H groups in total. The lowest BCUT2D eigenvalue weighted by molar-refractivity contribution is -0.0968. The Bertz CT molecular complexity index is 2190. The molecule has 1 unspecified atom stereocenters. The van der Waals surface area contributed by atoms with Gasteiger partial charge in [0.05, 0.1) is 58.7 Å². The Morgan fingerprint density at radius 3 is 2.14 bits per heavy atom. The standard InChI is InChI=1S/C43H53N8O7P/c1-29(2)51(30(3)4)59(55-24-12-23-44)56-26-37-36(25-38(57-37)50-28-45-39-40(50)47-42(48-41(39)52)46-27-49(5)6)58-43(31-13-10-9-11-14-31,32-15-19-34(53-7)20-16-32)33-17-21-35(54-8)22-18-33/h9-11,13-22,27-30,36-38H,12,24-26H2,1-8H3,(H,47,48,52)/b46-27+/t36-,37+,38+,59?/m0/s1. The van der Waals surface area contributed by atoms with E-state index in [9.17, 15) is 10.1 Å². The SMILES string of the molecule is COc1ccc(C(O[C@H]2C[C@H](n3cnc4c(=O)[nH]c(/N=C/N(C)C)nc43)O[C@@H]2COP(OCCC#N)N(C(C)C)C(C)C)(c2ccccc2)c2ccc(OC)cc2)cc1. The van der Waals surface area contributed by atoms with E-state index >= 15 is 0 Å². The van der Waals surface area contributed by atoms with Gasteiger partial charge in [0.1, 0.15) is 29.4 Å². The summed E-state index contributed by atoms with van der Waals surface area (Å²) in [6.07, 6.45) is 1.74. The van der Waals surface area contributed by atoms with Gasteiger partial charge in [0, 0.05) is 32.6 Å². The number of nitriles is 1. The summed E-state index contributed by atoms with van der Waals surface area (Å²) in [7, 11) is 5.32. The van der Waals surface area contributed by atoms with Crippen LogP contribution in [-0.4, -0.2) is 101 Å². The number of rotatable bonds is 19. The normalized spacial score (nSPS) is 17.6. The molecular formula is C43H53N8O7P. The Morgan fingerprint density at radius 2 is 1.58 bits per heavy atom. The first kappa shape index (κ1) is 43.4. The number of H-pyrrole nitrogens is 1. The van der Waals surface area contributed by atoms with Crippen molar-refractivity contribution < 1.29 is 28.0 Å². The number of imidazole rings is 1. The maximum Gasteiger partial charge on any atom is 0.280 e. The molecule has 3 heterocycles. The van der Waals surface area contributed by atoms with Crippen molar-refractivity contribution in [2.45, 2.75) is 76.7 Å². The molecule has 0 spiro atoms. The Kier molecular flexibility index (Phi) is 14.5. The Balaban J connectivity index is 1.48. The molecule has 1 aliphatic rings. The predicted octanol–water partition coefficient (Wildman–Crippen LogP) is 7.32. The first-order chi connectivity index (χ1) is 28.5. The van der Waals surface area contributed by atoms with Gasteiger partial charge in [0.2, 0.25) is 5.95 Å². The quantitative estimate of drug-likeness (QED) is 0.0291. The van der Waals surface area contributed by atoms with Crippen LogP contribution in [0, 0.1) is 11.3 Å². The van der Waals surface area contributed by atoms with Crippen molar-refractivity contribution in [1.29, 1.82) is 5.26 Å². The van der Waals surface area contributed by atoms with Crippen LogP contribution in [0.25, 0.3) is 11.2 Å². The smallest absolute Gasteiger partial charge is 0.280 e. The van der Waals surface area contributed by atoms with Gasteiger partial charge in [-0.15, -0.1) is 0 Å². The van der Waals surface area contributed by atoms with Gasteiger partial charge in [-0.1, -0.05) is 54.6 Å². The molecule has 0 saturated carbocycles. The lowest BCUT2D eigenvalue weighted by Gasteiger charge is -2.40. The third-order valence-corrected chi connectivity index (χ3v) is 11.9. The molecule has 0 amide bonds. The van der Waals surface area contributed by atoms with E-state index in [1.54, 1.807) is 36.4 Å². The van der Waals surface area contributed by atoms with E-state index < -0.39 is 38.1 Å². The molecule has 1 fully saturated rings. The fraction of sp³-hybridized carbons (Fsp3) is 0.419. The molecule has 3 aromatic carbocycles. The minimum Gasteiger partial charge on any atom is -0.497 e. The highest BCUT2D eigenvalue weighted by Gasteiger charge is 2.47. The van der Waals surface area contributed by atoms with Crippen molar-refractivity contribution >= 4 is 32.0 Å². The molecule has 0 bridgehead atoms. The molecule has 16 heteroatoms. The molecule has 2 aromatic heterocycles. The molecule has 0 radical (unpaired) electrons. The summed E-state index contributed by atoms with van der Waals surface area (Å²) in [5.74, 6) is 1.54. The average molecular weight is 825 g/mol. The number of benzene rings is 3. The van der Waals surface area contributed by atoms with Crippen LogP contribution in [-0.2, 0) is 24.1 Å². The van der Waals surface area contributed by atoms with Crippen LogP contribution in [0.15, 0.2) is 95.0 Å². The number of methoxy groups -OCH3 is 2. The minimum absolute atomic E-state index is 0.0878. The number of nitrogens with one attached hydrogen (secondary N) is 1. The van der Waals surface area contributed by atoms with E-state index in [0.29, 0.717) is 23.6 Å². The van der Waals surface area contributed by atoms with Gasteiger partial charge in [-0.05, 0) is 68.7 Å². The first-order valence-electron chi connectivity index (χ1n) is 19.6. The maximum absolute atomic E-state index is 13.2. The number of aromatic nitrogens is 4. The van der Waals surface area contributed by atoms with Crippen LogP contribution in [0.5, 0.6) is 11.5 Å². The number of aliphatic imine (C=N–C) groups is 1. The molecule has 15 nitrogen and oxygen atoms in total. The van der Waals surface area contributed by atoms with Crippen molar-refractivity contribution in [2.24, 2.45) is 4.99 Å². The van der Waals surface area contributed by atoms with Crippen molar-refractivity contribution in [3.05, 3.63) is 112 Å². The molecule has 59 heavy (non-hydrogen) atoms. The van der Waals surface area contributed by atoms with Crippen molar-refractivity contribution in [3.8, 4) is 17.6 Å². The topological polar surface area (TPSA) is 162 Å². The molecule has 6 rings (SSSR count). The van der Waals surface area contributed by atoms with Crippen molar-refractivity contribution in [1.82, 2.24) is 29.1 Å². The lowest BCUT2D eigenvalue weighted by Crippen LogP contribution is -2.41. The number of hydrogen-bond donors (Lipinski definition) is 1. The van der Waals surface area contributed by atoms with Gasteiger partial charge in [-0.3, -0.25) is 14.3 Å². The van der Waals surface area contributed by atoms with E-state index in [1.165, 1.54) is 0 Å². The second kappa shape index (κ2) is 19.7. The first-order valence-corrected chi connectivity index (χ1v) is 20.7. The fourth-order valence-corrected chi connectivity index (χ4v) is 8.83. The number of fused-ring (bicyclic) bond motifs is 1. The maximum atomic E-state index is 13.2. The second-order valence-electron chi connectivity index (χ2n) is 14.8. The molecule has 312 valence electrons. The highest BCUT2D eigenvalue weighted by molar-refractivity contribution is 7.44. The van der Waals surface area contributed by atoms with Gasteiger partial charge >= 0.3 is 0 Å².